The van der Waals surface area contributed by atoms with Crippen LogP contribution in [0.2, 0.25) is 10.0 Å². The van der Waals surface area contributed by atoms with Crippen LogP contribution in [0.5, 0.6) is 0 Å². The zero-order chi connectivity index (χ0) is 14.3. The van der Waals surface area contributed by atoms with Crippen LogP contribution in [0.4, 0.5) is 0 Å². The van der Waals surface area contributed by atoms with Gasteiger partial charge in [0.1, 0.15) is 5.82 Å². The van der Waals surface area contributed by atoms with Crippen molar-refractivity contribution in [3.05, 3.63) is 28.0 Å². The van der Waals surface area contributed by atoms with E-state index in [1.807, 2.05) is 12.1 Å². The van der Waals surface area contributed by atoms with Gasteiger partial charge in [0.05, 0.1) is 21.1 Å². The first-order valence-electron chi connectivity index (χ1n) is 7.03. The van der Waals surface area contributed by atoms with Gasteiger partial charge in [-0.15, -0.1) is 11.6 Å². The van der Waals surface area contributed by atoms with Crippen LogP contribution in [0, 0.1) is 5.92 Å². The molecule has 3 rings (SSSR count). The minimum Gasteiger partial charge on any atom is -0.325 e. The molecular formula is C15H17Cl3N2. The lowest BCUT2D eigenvalue weighted by molar-refractivity contribution is 0.223. The van der Waals surface area contributed by atoms with E-state index in [9.17, 15) is 0 Å². The van der Waals surface area contributed by atoms with E-state index in [1.54, 1.807) is 0 Å². The molecule has 1 aliphatic carbocycles. The van der Waals surface area contributed by atoms with Crippen LogP contribution in [0.3, 0.4) is 0 Å². The van der Waals surface area contributed by atoms with Gasteiger partial charge in [0.2, 0.25) is 0 Å². The summed E-state index contributed by atoms with van der Waals surface area (Å²) in [5, 5.41) is 1.14. The molecule has 0 spiro atoms. The summed E-state index contributed by atoms with van der Waals surface area (Å²) in [6, 6.07) is 4.21. The molecule has 1 aliphatic rings. The van der Waals surface area contributed by atoms with Gasteiger partial charge in [-0.05, 0) is 37.8 Å². The number of hydrogen-bond acceptors (Lipinski definition) is 1. The van der Waals surface area contributed by atoms with Crippen molar-refractivity contribution >= 4 is 45.8 Å². The fourth-order valence-corrected chi connectivity index (χ4v) is 3.47. The van der Waals surface area contributed by atoms with E-state index < -0.39 is 0 Å². The molecule has 108 valence electrons. The SMILES string of the molecule is CC(C1CCC1)n1c(CCCl)nc2cc(Cl)c(Cl)cc21. The molecule has 0 saturated heterocycles. The number of aryl methyl sites for hydroxylation is 1. The fourth-order valence-electron chi connectivity index (χ4n) is 2.99. The molecule has 5 heteroatoms. The minimum absolute atomic E-state index is 0.434. The molecule has 1 saturated carbocycles. The highest BCUT2D eigenvalue weighted by Gasteiger charge is 2.28. The Morgan fingerprint density at radius 1 is 1.30 bits per heavy atom. The third-order valence-corrected chi connectivity index (χ3v) is 5.27. The topological polar surface area (TPSA) is 17.8 Å². The highest BCUT2D eigenvalue weighted by molar-refractivity contribution is 6.42. The molecule has 0 N–H and O–H groups in total. The normalized spacial score (nSPS) is 17.4. The number of alkyl halides is 1. The second kappa shape index (κ2) is 5.75. The Hall–Kier alpha value is -0.440. The number of imidazole rings is 1. The summed E-state index contributed by atoms with van der Waals surface area (Å²) in [4.78, 5) is 4.70. The second-order valence-corrected chi connectivity index (χ2v) is 6.72. The summed E-state index contributed by atoms with van der Waals surface area (Å²) in [7, 11) is 0. The lowest BCUT2D eigenvalue weighted by Crippen LogP contribution is -2.24. The maximum atomic E-state index is 6.18. The van der Waals surface area contributed by atoms with Crippen LogP contribution >= 0.6 is 34.8 Å². The Balaban J connectivity index is 2.14. The Labute approximate surface area is 134 Å². The van der Waals surface area contributed by atoms with Crippen LogP contribution in [0.15, 0.2) is 12.1 Å². The molecule has 1 aromatic carbocycles. The largest absolute Gasteiger partial charge is 0.325 e. The van der Waals surface area contributed by atoms with Crippen molar-refractivity contribution in [2.75, 3.05) is 5.88 Å². The summed E-state index contributed by atoms with van der Waals surface area (Å²) in [6.07, 6.45) is 4.69. The van der Waals surface area contributed by atoms with E-state index in [1.165, 1.54) is 19.3 Å². The molecule has 2 nitrogen and oxygen atoms in total. The molecule has 0 amide bonds. The molecule has 0 aliphatic heterocycles. The molecule has 20 heavy (non-hydrogen) atoms. The van der Waals surface area contributed by atoms with Crippen molar-refractivity contribution in [1.29, 1.82) is 0 Å². The van der Waals surface area contributed by atoms with Gasteiger partial charge in [-0.1, -0.05) is 29.6 Å². The Morgan fingerprint density at radius 2 is 2.00 bits per heavy atom. The molecule has 1 aromatic heterocycles. The van der Waals surface area contributed by atoms with Crippen LogP contribution in [0.1, 0.15) is 38.1 Å². The maximum absolute atomic E-state index is 6.18. The summed E-state index contributed by atoms with van der Waals surface area (Å²) in [6.45, 7) is 2.27. The first-order valence-corrected chi connectivity index (χ1v) is 8.32. The second-order valence-electron chi connectivity index (χ2n) is 5.52. The molecule has 1 fully saturated rings. The number of nitrogens with zero attached hydrogens (tertiary/aromatic N) is 2. The van der Waals surface area contributed by atoms with Gasteiger partial charge in [0.25, 0.3) is 0 Å². The summed E-state index contributed by atoms with van der Waals surface area (Å²) in [5.41, 5.74) is 1.98. The zero-order valence-corrected chi connectivity index (χ0v) is 13.6. The molecule has 0 bridgehead atoms. The van der Waals surface area contributed by atoms with Gasteiger partial charge < -0.3 is 4.57 Å². The van der Waals surface area contributed by atoms with E-state index >= 15 is 0 Å². The Bertz CT molecular complexity index is 632. The van der Waals surface area contributed by atoms with Crippen molar-refractivity contribution in [2.24, 2.45) is 5.92 Å². The van der Waals surface area contributed by atoms with Crippen LogP contribution < -0.4 is 0 Å². The monoisotopic (exact) mass is 330 g/mol. The lowest BCUT2D eigenvalue weighted by Gasteiger charge is -2.33. The van der Waals surface area contributed by atoms with E-state index in [0.717, 1.165) is 29.2 Å². The van der Waals surface area contributed by atoms with E-state index in [4.69, 9.17) is 39.8 Å². The first kappa shape index (κ1) is 14.5. The number of rotatable bonds is 4. The van der Waals surface area contributed by atoms with Crippen LogP contribution in [-0.4, -0.2) is 15.4 Å². The number of halogens is 3. The van der Waals surface area contributed by atoms with Crippen LogP contribution in [-0.2, 0) is 6.42 Å². The van der Waals surface area contributed by atoms with Crippen LogP contribution in [0.25, 0.3) is 11.0 Å². The van der Waals surface area contributed by atoms with E-state index in [2.05, 4.69) is 11.5 Å². The van der Waals surface area contributed by atoms with Crippen molar-refractivity contribution < 1.29 is 0 Å². The van der Waals surface area contributed by atoms with Gasteiger partial charge in [-0.2, -0.15) is 0 Å². The molecule has 1 unspecified atom stereocenters. The highest BCUT2D eigenvalue weighted by atomic mass is 35.5. The average molecular weight is 332 g/mol. The Morgan fingerprint density at radius 3 is 2.60 bits per heavy atom. The third kappa shape index (κ3) is 2.43. The van der Waals surface area contributed by atoms with Crippen molar-refractivity contribution in [2.45, 2.75) is 38.6 Å². The first-order chi connectivity index (χ1) is 9.61. The summed E-state index contributed by atoms with van der Waals surface area (Å²) < 4.78 is 2.31. The van der Waals surface area contributed by atoms with Crippen molar-refractivity contribution in [3.63, 3.8) is 0 Å². The molecule has 1 heterocycles. The third-order valence-electron chi connectivity index (χ3n) is 4.36. The Kier molecular flexibility index (Phi) is 4.16. The number of benzene rings is 1. The predicted octanol–water partition coefficient (Wildman–Crippen LogP) is 5.49. The summed E-state index contributed by atoms with van der Waals surface area (Å²) in [5.74, 6) is 2.34. The number of fused-ring (bicyclic) bond motifs is 1. The maximum Gasteiger partial charge on any atom is 0.111 e. The lowest BCUT2D eigenvalue weighted by atomic mass is 9.80. The molecular weight excluding hydrogens is 315 g/mol. The smallest absolute Gasteiger partial charge is 0.111 e. The van der Waals surface area contributed by atoms with E-state index in [-0.39, 0.29) is 0 Å². The highest BCUT2D eigenvalue weighted by Crippen LogP contribution is 2.39. The summed E-state index contributed by atoms with van der Waals surface area (Å²) >= 11 is 18.2. The van der Waals surface area contributed by atoms with Gasteiger partial charge in [-0.3, -0.25) is 0 Å². The molecule has 1 atom stereocenters. The van der Waals surface area contributed by atoms with Gasteiger partial charge in [-0.25, -0.2) is 4.98 Å². The van der Waals surface area contributed by atoms with Crippen molar-refractivity contribution in [3.8, 4) is 0 Å². The van der Waals surface area contributed by atoms with Gasteiger partial charge >= 0.3 is 0 Å². The van der Waals surface area contributed by atoms with Gasteiger partial charge in [0.15, 0.2) is 0 Å². The van der Waals surface area contributed by atoms with E-state index in [0.29, 0.717) is 22.0 Å². The van der Waals surface area contributed by atoms with Crippen molar-refractivity contribution in [1.82, 2.24) is 9.55 Å². The predicted molar refractivity (Wildman–Crippen MR) is 86.2 cm³/mol. The number of aromatic nitrogens is 2. The quantitative estimate of drug-likeness (QED) is 0.678. The average Bonchev–Trinajstić information content (AvgIpc) is 2.65. The molecule has 2 aromatic rings. The molecule has 0 radical (unpaired) electrons. The zero-order valence-electron chi connectivity index (χ0n) is 11.4. The minimum atomic E-state index is 0.434. The fraction of sp³-hybridized carbons (Fsp3) is 0.533. The number of hydrogen-bond donors (Lipinski definition) is 0. The standard InChI is InChI=1S/C15H17Cl3N2/c1-9(10-3-2-4-10)20-14-8-12(18)11(17)7-13(14)19-15(20)5-6-16/h7-10H,2-6H2,1H3. The van der Waals surface area contributed by atoms with Gasteiger partial charge in [0, 0.05) is 18.3 Å².